The van der Waals surface area contributed by atoms with Crippen molar-refractivity contribution in [3.05, 3.63) is 22.4 Å². The SMILES string of the molecule is CCN(CC1CCCO1)C(=O)c1cc(Br)cn1C1CC1. The minimum absolute atomic E-state index is 0.126. The van der Waals surface area contributed by atoms with Gasteiger partial charge in [-0.3, -0.25) is 4.79 Å². The van der Waals surface area contributed by atoms with Crippen molar-refractivity contribution < 1.29 is 9.53 Å². The van der Waals surface area contributed by atoms with Crippen molar-refractivity contribution in [1.29, 1.82) is 0 Å². The highest BCUT2D eigenvalue weighted by molar-refractivity contribution is 9.10. The van der Waals surface area contributed by atoms with Gasteiger partial charge in [0.25, 0.3) is 5.91 Å². The fourth-order valence-corrected chi connectivity index (χ4v) is 3.26. The van der Waals surface area contributed by atoms with E-state index < -0.39 is 0 Å². The summed E-state index contributed by atoms with van der Waals surface area (Å²) in [6.07, 6.45) is 6.78. The Morgan fingerprint density at radius 3 is 2.90 bits per heavy atom. The summed E-state index contributed by atoms with van der Waals surface area (Å²) in [6, 6.07) is 2.46. The number of carbonyl (C=O) groups excluding carboxylic acids is 1. The number of hydrogen-bond acceptors (Lipinski definition) is 2. The number of rotatable bonds is 5. The zero-order chi connectivity index (χ0) is 14.1. The summed E-state index contributed by atoms with van der Waals surface area (Å²) in [5.74, 6) is 0.126. The number of ether oxygens (including phenoxy) is 1. The Balaban J connectivity index is 1.75. The molecule has 1 amide bonds. The fraction of sp³-hybridized carbons (Fsp3) is 0.667. The van der Waals surface area contributed by atoms with Crippen molar-refractivity contribution in [2.45, 2.75) is 44.8 Å². The molecule has 2 heterocycles. The van der Waals surface area contributed by atoms with Gasteiger partial charge in [0, 0.05) is 36.4 Å². The summed E-state index contributed by atoms with van der Waals surface area (Å²) in [7, 11) is 0. The number of likely N-dealkylation sites (N-methyl/N-ethyl adjacent to an activating group) is 1. The van der Waals surface area contributed by atoms with Crippen LogP contribution in [0.4, 0.5) is 0 Å². The van der Waals surface area contributed by atoms with E-state index in [0.717, 1.165) is 36.2 Å². The molecule has 110 valence electrons. The van der Waals surface area contributed by atoms with Crippen LogP contribution in [-0.4, -0.2) is 41.2 Å². The Labute approximate surface area is 128 Å². The molecule has 1 saturated heterocycles. The Kier molecular flexibility index (Phi) is 4.17. The smallest absolute Gasteiger partial charge is 0.270 e. The van der Waals surface area contributed by atoms with Gasteiger partial charge >= 0.3 is 0 Å². The average Bonchev–Trinajstić information content (AvgIpc) is 3.01. The highest BCUT2D eigenvalue weighted by Gasteiger charge is 2.30. The highest BCUT2D eigenvalue weighted by Crippen LogP contribution is 2.37. The van der Waals surface area contributed by atoms with Gasteiger partial charge in [-0.25, -0.2) is 0 Å². The van der Waals surface area contributed by atoms with Gasteiger partial charge in [-0.2, -0.15) is 0 Å². The lowest BCUT2D eigenvalue weighted by atomic mass is 10.2. The Hall–Kier alpha value is -0.810. The minimum Gasteiger partial charge on any atom is -0.376 e. The van der Waals surface area contributed by atoms with Crippen LogP contribution < -0.4 is 0 Å². The van der Waals surface area contributed by atoms with Crippen molar-refractivity contribution in [3.8, 4) is 0 Å². The molecule has 1 unspecified atom stereocenters. The molecule has 1 aromatic rings. The van der Waals surface area contributed by atoms with Gasteiger partial charge in [0.2, 0.25) is 0 Å². The average molecular weight is 341 g/mol. The third kappa shape index (κ3) is 2.93. The van der Waals surface area contributed by atoms with E-state index in [1.165, 1.54) is 12.8 Å². The van der Waals surface area contributed by atoms with Crippen molar-refractivity contribution >= 4 is 21.8 Å². The monoisotopic (exact) mass is 340 g/mol. The van der Waals surface area contributed by atoms with Crippen molar-refractivity contribution in [2.24, 2.45) is 0 Å². The van der Waals surface area contributed by atoms with Crippen LogP contribution in [0.2, 0.25) is 0 Å². The van der Waals surface area contributed by atoms with E-state index in [4.69, 9.17) is 4.74 Å². The number of hydrogen-bond donors (Lipinski definition) is 0. The normalized spacial score (nSPS) is 22.2. The summed E-state index contributed by atoms with van der Waals surface area (Å²) in [5, 5.41) is 0. The van der Waals surface area contributed by atoms with Crippen LogP contribution in [0.1, 0.15) is 49.1 Å². The summed E-state index contributed by atoms with van der Waals surface area (Å²) < 4.78 is 8.77. The molecule has 2 fully saturated rings. The molecule has 2 aliphatic rings. The van der Waals surface area contributed by atoms with E-state index in [1.807, 2.05) is 24.1 Å². The minimum atomic E-state index is 0.126. The molecule has 0 aromatic carbocycles. The molecular weight excluding hydrogens is 320 g/mol. The molecule has 20 heavy (non-hydrogen) atoms. The number of amides is 1. The van der Waals surface area contributed by atoms with Gasteiger partial charge in [-0.1, -0.05) is 0 Å². The predicted molar refractivity (Wildman–Crippen MR) is 81.0 cm³/mol. The second kappa shape index (κ2) is 5.90. The molecule has 1 saturated carbocycles. The van der Waals surface area contributed by atoms with E-state index in [-0.39, 0.29) is 12.0 Å². The van der Waals surface area contributed by atoms with E-state index in [9.17, 15) is 4.79 Å². The molecule has 1 atom stereocenters. The molecule has 5 heteroatoms. The van der Waals surface area contributed by atoms with Gasteiger partial charge < -0.3 is 14.2 Å². The molecule has 0 radical (unpaired) electrons. The van der Waals surface area contributed by atoms with Crippen LogP contribution in [0.25, 0.3) is 0 Å². The van der Waals surface area contributed by atoms with Crippen LogP contribution in [0.5, 0.6) is 0 Å². The van der Waals surface area contributed by atoms with Crippen molar-refractivity contribution in [2.75, 3.05) is 19.7 Å². The van der Waals surface area contributed by atoms with Crippen LogP contribution in [0, 0.1) is 0 Å². The topological polar surface area (TPSA) is 34.5 Å². The molecule has 4 nitrogen and oxygen atoms in total. The fourth-order valence-electron chi connectivity index (χ4n) is 2.82. The van der Waals surface area contributed by atoms with Crippen LogP contribution in [0.15, 0.2) is 16.7 Å². The van der Waals surface area contributed by atoms with Gasteiger partial charge in [0.05, 0.1) is 6.10 Å². The molecular formula is C15H21BrN2O2. The van der Waals surface area contributed by atoms with E-state index in [1.54, 1.807) is 0 Å². The van der Waals surface area contributed by atoms with Crippen LogP contribution >= 0.6 is 15.9 Å². The molecule has 1 aromatic heterocycles. The molecule has 1 aliphatic heterocycles. The summed E-state index contributed by atoms with van der Waals surface area (Å²) >= 11 is 3.49. The van der Waals surface area contributed by atoms with Gasteiger partial charge in [0.1, 0.15) is 5.69 Å². The zero-order valence-corrected chi connectivity index (χ0v) is 13.4. The van der Waals surface area contributed by atoms with Gasteiger partial charge in [-0.15, -0.1) is 0 Å². The molecule has 0 spiro atoms. The maximum absolute atomic E-state index is 12.8. The van der Waals surface area contributed by atoms with Crippen molar-refractivity contribution in [1.82, 2.24) is 9.47 Å². The lowest BCUT2D eigenvalue weighted by Gasteiger charge is -2.24. The number of carbonyl (C=O) groups is 1. The van der Waals surface area contributed by atoms with Crippen LogP contribution in [-0.2, 0) is 4.74 Å². The lowest BCUT2D eigenvalue weighted by Crippen LogP contribution is -2.38. The van der Waals surface area contributed by atoms with E-state index in [2.05, 4.69) is 20.5 Å². The third-order valence-electron chi connectivity index (χ3n) is 4.09. The largest absolute Gasteiger partial charge is 0.376 e. The number of aromatic nitrogens is 1. The molecule has 0 bridgehead atoms. The summed E-state index contributed by atoms with van der Waals surface area (Å²) in [6.45, 7) is 4.31. The van der Waals surface area contributed by atoms with Crippen molar-refractivity contribution in [3.63, 3.8) is 0 Å². The standard InChI is InChI=1S/C15H21BrN2O2/c1-2-17(10-13-4-3-7-20-13)15(19)14-8-11(16)9-18(14)12-5-6-12/h8-9,12-13H,2-7,10H2,1H3. The lowest BCUT2D eigenvalue weighted by molar-refractivity contribution is 0.0531. The number of halogens is 1. The Bertz CT molecular complexity index is 490. The van der Waals surface area contributed by atoms with E-state index >= 15 is 0 Å². The second-order valence-corrected chi connectivity index (χ2v) is 6.58. The zero-order valence-electron chi connectivity index (χ0n) is 11.8. The first kappa shape index (κ1) is 14.1. The van der Waals surface area contributed by atoms with Crippen LogP contribution in [0.3, 0.4) is 0 Å². The molecule has 0 N–H and O–H groups in total. The Morgan fingerprint density at radius 1 is 1.50 bits per heavy atom. The first-order valence-corrected chi connectivity index (χ1v) is 8.26. The number of nitrogens with zero attached hydrogens (tertiary/aromatic N) is 2. The van der Waals surface area contributed by atoms with Gasteiger partial charge in [0.15, 0.2) is 0 Å². The highest BCUT2D eigenvalue weighted by atomic mass is 79.9. The summed E-state index contributed by atoms with van der Waals surface area (Å²) in [4.78, 5) is 14.7. The molecule has 3 rings (SSSR count). The summed E-state index contributed by atoms with van der Waals surface area (Å²) in [5.41, 5.74) is 0.805. The molecule has 1 aliphatic carbocycles. The quantitative estimate of drug-likeness (QED) is 0.824. The second-order valence-electron chi connectivity index (χ2n) is 5.66. The maximum atomic E-state index is 12.8. The maximum Gasteiger partial charge on any atom is 0.270 e. The first-order chi connectivity index (χ1) is 9.69. The predicted octanol–water partition coefficient (Wildman–Crippen LogP) is 3.23. The van der Waals surface area contributed by atoms with Gasteiger partial charge in [-0.05, 0) is 54.6 Å². The Morgan fingerprint density at radius 2 is 2.30 bits per heavy atom. The third-order valence-corrected chi connectivity index (χ3v) is 4.53. The first-order valence-electron chi connectivity index (χ1n) is 7.47. The van der Waals surface area contributed by atoms with E-state index in [0.29, 0.717) is 12.6 Å².